The molecule has 0 aliphatic heterocycles. The number of pyridine rings is 1. The number of nitrogens with two attached hydrogens (primary N) is 2. The summed E-state index contributed by atoms with van der Waals surface area (Å²) in [4.78, 5) is 28.1. The average Bonchev–Trinajstić information content (AvgIpc) is 3.29. The first kappa shape index (κ1) is 29.4. The first-order valence-corrected chi connectivity index (χ1v) is 16.0. The molecule has 0 spiro atoms. The van der Waals surface area contributed by atoms with E-state index in [1.807, 2.05) is 48.5 Å². The Balaban J connectivity index is 0.000000225. The van der Waals surface area contributed by atoms with Gasteiger partial charge in [0.05, 0.1) is 5.39 Å². The average molecular weight is 675 g/mol. The zero-order chi connectivity index (χ0) is 27.7. The van der Waals surface area contributed by atoms with Crippen molar-refractivity contribution in [1.29, 1.82) is 0 Å². The summed E-state index contributed by atoms with van der Waals surface area (Å²) in [5.41, 5.74) is 13.8. The summed E-state index contributed by atoms with van der Waals surface area (Å²) in [6, 6.07) is 19.4. The molecule has 8 nitrogen and oxygen atoms in total. The molecule has 0 aliphatic rings. The molecular weight excluding hydrogens is 651 g/mol. The fraction of sp³-hybridized carbons (Fsp3) is 0.0769. The number of hydrogen-bond acceptors (Lipinski definition) is 8. The number of halogens is 1. The van der Waals surface area contributed by atoms with Gasteiger partial charge in [-0.2, -0.15) is 0 Å². The molecule has 0 fully saturated rings. The van der Waals surface area contributed by atoms with Crippen LogP contribution in [0.15, 0.2) is 77.9 Å². The summed E-state index contributed by atoms with van der Waals surface area (Å²) >= 11 is 8.58. The molecule has 3 aromatic heterocycles. The second kappa shape index (κ2) is 14.1. The molecule has 4 N–H and O–H groups in total. The highest BCUT2D eigenvalue weighted by Crippen LogP contribution is 2.20. The topological polar surface area (TPSA) is 121 Å². The van der Waals surface area contributed by atoms with Crippen LogP contribution in [-0.2, 0) is 6.42 Å². The summed E-state index contributed by atoms with van der Waals surface area (Å²) in [6.07, 6.45) is 3.98. The summed E-state index contributed by atoms with van der Waals surface area (Å²) in [5, 5.41) is 8.48. The summed E-state index contributed by atoms with van der Waals surface area (Å²) in [6.45, 7) is 2.07. The van der Waals surface area contributed by atoms with Gasteiger partial charge in [0.15, 0.2) is 11.5 Å². The molecule has 194 valence electrons. The van der Waals surface area contributed by atoms with Gasteiger partial charge in [-0.25, -0.2) is 9.50 Å². The highest BCUT2D eigenvalue weighted by molar-refractivity contribution is 14.2. The Bertz CT molecular complexity index is 1690. The van der Waals surface area contributed by atoms with E-state index in [-0.39, 0.29) is 16.9 Å². The number of anilines is 1. The molecule has 5 aromatic rings. The summed E-state index contributed by atoms with van der Waals surface area (Å²) < 4.78 is 3.21. The second-order valence-electron chi connectivity index (χ2n) is 7.55. The molecule has 2 aromatic carbocycles. The fourth-order valence-electron chi connectivity index (χ4n) is 3.85. The lowest BCUT2D eigenvalue weighted by Gasteiger charge is -2.14. The van der Waals surface area contributed by atoms with Crippen LogP contribution in [0.2, 0.25) is 0 Å². The number of carbonyl (C=O) groups excluding carboxylic acids is 1. The van der Waals surface area contributed by atoms with Crippen molar-refractivity contribution in [3.8, 4) is 16.9 Å². The number of benzene rings is 2. The van der Waals surface area contributed by atoms with Gasteiger partial charge in [-0.15, -0.1) is 28.4 Å². The van der Waals surface area contributed by atoms with Crippen LogP contribution in [0.25, 0.3) is 22.1 Å². The van der Waals surface area contributed by atoms with E-state index in [1.165, 1.54) is 13.4 Å². The number of thiol groups is 2. The van der Waals surface area contributed by atoms with Crippen molar-refractivity contribution in [2.45, 2.75) is 13.3 Å². The minimum Gasteiger partial charge on any atom is -0.381 e. The molecule has 0 unspecified atom stereocenters. The number of amides is 1. The van der Waals surface area contributed by atoms with Crippen molar-refractivity contribution in [3.05, 3.63) is 100 Å². The normalized spacial score (nSPS) is 10.0. The Morgan fingerprint density at radius 2 is 1.87 bits per heavy atom. The maximum atomic E-state index is 13.2. The van der Waals surface area contributed by atoms with Gasteiger partial charge < -0.3 is 11.5 Å². The molecular formula is C26H23IN6O2S3. The number of rotatable bonds is 3. The molecule has 3 heterocycles. The van der Waals surface area contributed by atoms with Crippen molar-refractivity contribution in [3.63, 3.8) is 0 Å². The first-order chi connectivity index (χ1) is 18.5. The van der Waals surface area contributed by atoms with Crippen molar-refractivity contribution < 1.29 is 4.79 Å². The molecule has 12 heteroatoms. The smallest absolute Gasteiger partial charge is 0.264 e. The number of para-hydroxylation sites is 1. The van der Waals surface area contributed by atoms with Crippen molar-refractivity contribution in [1.82, 2.24) is 19.2 Å². The van der Waals surface area contributed by atoms with Gasteiger partial charge in [-0.05, 0) is 56.3 Å². The number of hydrogen-bond donors (Lipinski definition) is 4. The molecule has 38 heavy (non-hydrogen) atoms. The maximum absolute atomic E-state index is 13.2. The standard InChI is InChI=1S/C19H14INOS.C7H7N5O.H2S2/c1-2-16-13-15-8-6-7-14(11-12-23-20)18(15)19(22)21(16)17-9-4-3-5-10-17;8-5-4(6(9)13)7-10-2-1-3-12(7)11-5;1-2/h3-10,13H,2H2,1H3;1-3H,(H2,8,11)(H2,9,13);1-2H. The van der Waals surface area contributed by atoms with Gasteiger partial charge in [0.2, 0.25) is 0 Å². The van der Waals surface area contributed by atoms with Crippen LogP contribution in [0, 0.1) is 11.2 Å². The van der Waals surface area contributed by atoms with Gasteiger partial charge >= 0.3 is 0 Å². The molecule has 0 radical (unpaired) electrons. The van der Waals surface area contributed by atoms with E-state index in [4.69, 9.17) is 11.5 Å². The molecule has 0 saturated heterocycles. The lowest BCUT2D eigenvalue weighted by atomic mass is 10.0. The predicted octanol–water partition coefficient (Wildman–Crippen LogP) is 5.12. The maximum Gasteiger partial charge on any atom is 0.264 e. The van der Waals surface area contributed by atoms with Crippen molar-refractivity contribution >= 4 is 81.6 Å². The highest BCUT2D eigenvalue weighted by Gasteiger charge is 2.15. The summed E-state index contributed by atoms with van der Waals surface area (Å²) in [5.74, 6) is 2.57. The van der Waals surface area contributed by atoms with E-state index in [0.717, 1.165) is 28.8 Å². The number of fused-ring (bicyclic) bond motifs is 2. The van der Waals surface area contributed by atoms with E-state index in [1.54, 1.807) is 23.0 Å². The lowest BCUT2D eigenvalue weighted by Crippen LogP contribution is -2.22. The third-order valence-corrected chi connectivity index (χ3v) is 6.23. The van der Waals surface area contributed by atoms with Crippen molar-refractivity contribution in [2.24, 2.45) is 5.73 Å². The first-order valence-electron chi connectivity index (χ1n) is 11.1. The van der Waals surface area contributed by atoms with Gasteiger partial charge in [-0.3, -0.25) is 14.2 Å². The third-order valence-electron chi connectivity index (χ3n) is 5.39. The van der Waals surface area contributed by atoms with Gasteiger partial charge in [0.1, 0.15) is 5.56 Å². The third kappa shape index (κ3) is 6.47. The number of primary amides is 1. The molecule has 0 aliphatic carbocycles. The highest BCUT2D eigenvalue weighted by atomic mass is 127. The fourth-order valence-corrected chi connectivity index (χ4v) is 4.33. The van der Waals surface area contributed by atoms with Crippen LogP contribution in [0.4, 0.5) is 5.82 Å². The van der Waals surface area contributed by atoms with Crippen LogP contribution >= 0.6 is 53.5 Å². The molecule has 5 rings (SSSR count). The van der Waals surface area contributed by atoms with Gasteiger partial charge in [-0.1, -0.05) is 43.2 Å². The second-order valence-corrected chi connectivity index (χ2v) is 9.23. The lowest BCUT2D eigenvalue weighted by molar-refractivity contribution is 0.100. The Labute approximate surface area is 246 Å². The van der Waals surface area contributed by atoms with Gasteiger partial charge in [0.25, 0.3) is 11.5 Å². The van der Waals surface area contributed by atoms with E-state index >= 15 is 0 Å². The van der Waals surface area contributed by atoms with Crippen LogP contribution in [0.3, 0.4) is 0 Å². The van der Waals surface area contributed by atoms with Crippen LogP contribution in [-0.4, -0.2) is 25.1 Å². The molecule has 0 saturated carbocycles. The van der Waals surface area contributed by atoms with Crippen LogP contribution in [0.1, 0.15) is 28.5 Å². The number of nitrogen functional groups attached to an aromatic ring is 1. The van der Waals surface area contributed by atoms with Gasteiger partial charge in [0, 0.05) is 50.5 Å². The zero-order valence-electron chi connectivity index (χ0n) is 20.1. The number of carbonyl (C=O) groups is 1. The van der Waals surface area contributed by atoms with E-state index in [2.05, 4.69) is 78.8 Å². The van der Waals surface area contributed by atoms with E-state index < -0.39 is 5.91 Å². The minimum atomic E-state index is -0.619. The van der Waals surface area contributed by atoms with E-state index in [9.17, 15) is 9.59 Å². The minimum absolute atomic E-state index is 0.00564. The Morgan fingerprint density at radius 3 is 2.53 bits per heavy atom. The largest absolute Gasteiger partial charge is 0.381 e. The van der Waals surface area contributed by atoms with Crippen LogP contribution in [0.5, 0.6) is 0 Å². The summed E-state index contributed by atoms with van der Waals surface area (Å²) in [7, 11) is 1.42. The SMILES string of the molecule is CCc1cc2cccc(C#CSI)c2c(=O)n1-c1ccccc1.NC(=O)c1c(N)nn2cccnc12.SS. The quantitative estimate of drug-likeness (QED) is 0.0914. The van der Waals surface area contributed by atoms with Crippen LogP contribution < -0.4 is 17.0 Å². The molecule has 0 bridgehead atoms. The Kier molecular flexibility index (Phi) is 11.0. The van der Waals surface area contributed by atoms with Crippen molar-refractivity contribution in [2.75, 3.05) is 5.73 Å². The predicted molar refractivity (Wildman–Crippen MR) is 171 cm³/mol. The Hall–Kier alpha value is -3.12. The molecule has 0 atom stereocenters. The number of aromatic nitrogens is 4. The molecule has 1 amide bonds. The zero-order valence-corrected chi connectivity index (χ0v) is 24.8. The monoisotopic (exact) mass is 674 g/mol. The number of aryl methyl sites for hydroxylation is 1. The van der Waals surface area contributed by atoms with E-state index in [0.29, 0.717) is 11.0 Å². The number of nitrogens with zero attached hydrogens (tertiary/aromatic N) is 4. The Morgan fingerprint density at radius 1 is 1.13 bits per heavy atom.